The fraction of sp³-hybridized carbons (Fsp3) is 0.462. The van der Waals surface area contributed by atoms with E-state index in [1.807, 2.05) is 45.0 Å². The molecule has 2 saturated heterocycles. The second kappa shape index (κ2) is 9.04. The van der Waals surface area contributed by atoms with E-state index >= 15 is 0 Å². The molecule has 0 aromatic heterocycles. The summed E-state index contributed by atoms with van der Waals surface area (Å²) in [6, 6.07) is 13.7. The number of carbonyl (C=O) groups is 2. The molecule has 2 heterocycles. The number of halogens is 1. The zero-order valence-corrected chi connectivity index (χ0v) is 19.4. The van der Waals surface area contributed by atoms with Crippen LogP contribution in [0.2, 0.25) is 0 Å². The van der Waals surface area contributed by atoms with Crippen molar-refractivity contribution in [2.24, 2.45) is 0 Å². The van der Waals surface area contributed by atoms with Gasteiger partial charge in [0.25, 0.3) is 0 Å². The molecule has 6 nitrogen and oxygen atoms in total. The lowest BCUT2D eigenvalue weighted by atomic mass is 9.87. The van der Waals surface area contributed by atoms with Crippen molar-refractivity contribution in [3.05, 3.63) is 65.5 Å². The summed E-state index contributed by atoms with van der Waals surface area (Å²) in [6.07, 6.45) is 2.23. The minimum atomic E-state index is -0.884. The molecule has 2 fully saturated rings. The first kappa shape index (κ1) is 23.1. The monoisotopic (exact) mass is 454 g/mol. The zero-order valence-electron chi connectivity index (χ0n) is 19.4. The van der Waals surface area contributed by atoms with E-state index in [1.54, 1.807) is 23.1 Å². The van der Waals surface area contributed by atoms with Crippen LogP contribution in [-0.2, 0) is 16.1 Å². The number of piperidine rings is 1. The highest BCUT2D eigenvalue weighted by Gasteiger charge is 2.56. The molecule has 2 aliphatic rings. The summed E-state index contributed by atoms with van der Waals surface area (Å²) in [6.45, 7) is 6.23. The lowest BCUT2D eigenvalue weighted by Gasteiger charge is -2.42. The van der Waals surface area contributed by atoms with E-state index in [0.717, 1.165) is 12.0 Å². The van der Waals surface area contributed by atoms with Crippen LogP contribution in [0, 0.1) is 5.82 Å². The number of nitrogens with zero attached hydrogens (tertiary/aromatic N) is 1. The molecule has 1 N–H and O–H groups in total. The number of hydrogen-bond acceptors (Lipinski definition) is 4. The number of amides is 2. The minimum Gasteiger partial charge on any atom is -0.489 e. The first-order valence-electron chi connectivity index (χ1n) is 11.5. The lowest BCUT2D eigenvalue weighted by molar-refractivity contribution is -0.135. The molecule has 7 heteroatoms. The molecule has 2 aromatic carbocycles. The van der Waals surface area contributed by atoms with Crippen molar-refractivity contribution in [2.45, 2.75) is 70.2 Å². The summed E-state index contributed by atoms with van der Waals surface area (Å²) < 4.78 is 25.3. The average Bonchev–Trinajstić information content (AvgIpc) is 3.15. The molecule has 2 aromatic rings. The van der Waals surface area contributed by atoms with Gasteiger partial charge in [-0.3, -0.25) is 9.69 Å². The average molecular weight is 455 g/mol. The molecule has 1 spiro atoms. The number of nitrogens with one attached hydrogen (secondary N) is 1. The highest BCUT2D eigenvalue weighted by Crippen LogP contribution is 2.47. The van der Waals surface area contributed by atoms with Crippen molar-refractivity contribution in [2.75, 3.05) is 6.54 Å². The number of carbonyl (C=O) groups excluding carboxylic acids is 2. The van der Waals surface area contributed by atoms with Crippen molar-refractivity contribution in [3.8, 4) is 5.75 Å². The molecular weight excluding hydrogens is 423 g/mol. The molecule has 0 saturated carbocycles. The van der Waals surface area contributed by atoms with Gasteiger partial charge in [0.15, 0.2) is 0 Å². The van der Waals surface area contributed by atoms with Crippen molar-refractivity contribution in [1.29, 1.82) is 0 Å². The van der Waals surface area contributed by atoms with E-state index in [-0.39, 0.29) is 24.4 Å². The van der Waals surface area contributed by atoms with Gasteiger partial charge in [-0.05, 0) is 70.2 Å². The molecule has 0 aliphatic carbocycles. The lowest BCUT2D eigenvalue weighted by Crippen LogP contribution is -2.61. The number of likely N-dealkylation sites (tertiary alicyclic amines) is 1. The molecule has 2 atom stereocenters. The predicted molar refractivity (Wildman–Crippen MR) is 122 cm³/mol. The Morgan fingerprint density at radius 1 is 1.15 bits per heavy atom. The highest BCUT2D eigenvalue weighted by atomic mass is 19.1. The maximum absolute atomic E-state index is 13.8. The Balaban J connectivity index is 1.55. The first-order chi connectivity index (χ1) is 15.7. The predicted octanol–water partition coefficient (Wildman–Crippen LogP) is 5.13. The SMILES string of the molecule is CC(C)(C)OC(=O)N1[C@H](c2ccc(OCc3ccccc3F)cc2)CC[C@]12CCCNC2=O. The standard InChI is InChI=1S/C26H31FN2O4/c1-25(2,3)33-24(31)29-22(13-15-26(29)14-6-16-28-23(26)30)18-9-11-20(12-10-18)32-17-19-7-4-5-8-21(19)27/h4-5,7-12,22H,6,13-17H2,1-3H3,(H,28,30)/t22-,26-/m0/s1. The van der Waals surface area contributed by atoms with E-state index in [1.165, 1.54) is 6.07 Å². The molecule has 176 valence electrons. The topological polar surface area (TPSA) is 67.9 Å². The molecule has 4 rings (SSSR count). The summed E-state index contributed by atoms with van der Waals surface area (Å²) in [5, 5.41) is 2.94. The Labute approximate surface area is 194 Å². The third-order valence-electron chi connectivity index (χ3n) is 6.29. The van der Waals surface area contributed by atoms with Crippen LogP contribution in [0.3, 0.4) is 0 Å². The molecular formula is C26H31FN2O4. The second-order valence-electron chi connectivity index (χ2n) is 9.74. The van der Waals surface area contributed by atoms with Gasteiger partial charge in [-0.15, -0.1) is 0 Å². The van der Waals surface area contributed by atoms with Crippen molar-refractivity contribution in [1.82, 2.24) is 10.2 Å². The largest absolute Gasteiger partial charge is 0.489 e. The minimum absolute atomic E-state index is 0.105. The van der Waals surface area contributed by atoms with Gasteiger partial charge in [0.05, 0.1) is 6.04 Å². The second-order valence-corrected chi connectivity index (χ2v) is 9.74. The number of ether oxygens (including phenoxy) is 2. The third kappa shape index (κ3) is 4.82. The fourth-order valence-electron chi connectivity index (χ4n) is 4.74. The van der Waals surface area contributed by atoms with Crippen LogP contribution < -0.4 is 10.1 Å². The van der Waals surface area contributed by atoms with Gasteiger partial charge in [0.1, 0.15) is 29.3 Å². The summed E-state index contributed by atoms with van der Waals surface area (Å²) >= 11 is 0. The van der Waals surface area contributed by atoms with Crippen LogP contribution in [0.4, 0.5) is 9.18 Å². The van der Waals surface area contributed by atoms with Crippen molar-refractivity contribution in [3.63, 3.8) is 0 Å². The fourth-order valence-corrected chi connectivity index (χ4v) is 4.74. The third-order valence-corrected chi connectivity index (χ3v) is 6.29. The molecule has 2 amide bonds. The highest BCUT2D eigenvalue weighted by molar-refractivity contribution is 5.91. The van der Waals surface area contributed by atoms with Crippen LogP contribution in [0.1, 0.15) is 63.6 Å². The van der Waals surface area contributed by atoms with Gasteiger partial charge in [0, 0.05) is 12.1 Å². The van der Waals surface area contributed by atoms with E-state index in [9.17, 15) is 14.0 Å². The van der Waals surface area contributed by atoms with Gasteiger partial charge in [-0.25, -0.2) is 9.18 Å². The number of benzene rings is 2. The Morgan fingerprint density at radius 3 is 2.55 bits per heavy atom. The summed E-state index contributed by atoms with van der Waals surface area (Å²) in [7, 11) is 0. The number of rotatable bonds is 4. The Morgan fingerprint density at radius 2 is 1.88 bits per heavy atom. The molecule has 33 heavy (non-hydrogen) atoms. The van der Waals surface area contributed by atoms with Gasteiger partial charge in [0.2, 0.25) is 5.91 Å². The summed E-state index contributed by atoms with van der Waals surface area (Å²) in [5.41, 5.74) is -0.153. The Bertz CT molecular complexity index is 1020. The normalized spacial score (nSPS) is 22.8. The van der Waals surface area contributed by atoms with Gasteiger partial charge >= 0.3 is 6.09 Å². The molecule has 0 bridgehead atoms. The van der Waals surface area contributed by atoms with Crippen LogP contribution in [-0.4, -0.2) is 34.6 Å². The van der Waals surface area contributed by atoms with Crippen LogP contribution in [0.5, 0.6) is 5.75 Å². The molecule has 0 unspecified atom stereocenters. The van der Waals surface area contributed by atoms with Gasteiger partial charge in [-0.1, -0.05) is 30.3 Å². The molecule has 2 aliphatic heterocycles. The quantitative estimate of drug-likeness (QED) is 0.696. The summed E-state index contributed by atoms with van der Waals surface area (Å²) in [4.78, 5) is 27.9. The first-order valence-corrected chi connectivity index (χ1v) is 11.5. The van der Waals surface area contributed by atoms with Crippen LogP contribution in [0.25, 0.3) is 0 Å². The Hall–Kier alpha value is -3.09. The summed E-state index contributed by atoms with van der Waals surface area (Å²) in [5.74, 6) is 0.199. The smallest absolute Gasteiger partial charge is 0.411 e. The van der Waals surface area contributed by atoms with Gasteiger partial charge < -0.3 is 14.8 Å². The van der Waals surface area contributed by atoms with E-state index in [4.69, 9.17) is 9.47 Å². The van der Waals surface area contributed by atoms with Crippen molar-refractivity contribution < 1.29 is 23.5 Å². The zero-order chi connectivity index (χ0) is 23.6. The van der Waals surface area contributed by atoms with E-state index < -0.39 is 17.2 Å². The Kier molecular flexibility index (Phi) is 6.32. The van der Waals surface area contributed by atoms with Gasteiger partial charge in [-0.2, -0.15) is 0 Å². The molecule has 0 radical (unpaired) electrons. The van der Waals surface area contributed by atoms with E-state index in [2.05, 4.69) is 5.32 Å². The van der Waals surface area contributed by atoms with Crippen LogP contribution in [0.15, 0.2) is 48.5 Å². The van der Waals surface area contributed by atoms with Crippen LogP contribution >= 0.6 is 0 Å². The van der Waals surface area contributed by atoms with Crippen molar-refractivity contribution >= 4 is 12.0 Å². The van der Waals surface area contributed by atoms with E-state index in [0.29, 0.717) is 37.1 Å². The maximum atomic E-state index is 13.8. The maximum Gasteiger partial charge on any atom is 0.411 e. The number of hydrogen-bond donors (Lipinski definition) is 1.